The lowest BCUT2D eigenvalue weighted by atomic mass is 9.48. The van der Waals surface area contributed by atoms with Gasteiger partial charge < -0.3 is 5.73 Å². The Morgan fingerprint density at radius 2 is 1.70 bits per heavy atom. The molecule has 108 valence electrons. The lowest BCUT2D eigenvalue weighted by Gasteiger charge is -2.56. The van der Waals surface area contributed by atoms with Crippen molar-refractivity contribution in [2.45, 2.75) is 62.8 Å². The molecule has 1 unspecified atom stereocenters. The second kappa shape index (κ2) is 3.68. The van der Waals surface area contributed by atoms with Crippen molar-refractivity contribution in [3.63, 3.8) is 0 Å². The van der Waals surface area contributed by atoms with Gasteiger partial charge in [0.25, 0.3) is 0 Å². The standard InChI is InChI=1S/C17H25N3/c1-20-14-3-2-13(18)15(14)16(19-20)17-7-10-4-11(8-17)6-12(5-10)9-17/h10-13H,2-9,18H2,1H3. The fraction of sp³-hybridized carbons (Fsp3) is 0.824. The Balaban J connectivity index is 1.65. The highest BCUT2D eigenvalue weighted by atomic mass is 15.3. The minimum absolute atomic E-state index is 0.252. The molecule has 1 aromatic heterocycles. The Morgan fingerprint density at radius 3 is 2.30 bits per heavy atom. The third kappa shape index (κ3) is 1.37. The first-order valence-electron chi connectivity index (χ1n) is 8.46. The number of hydrogen-bond acceptors (Lipinski definition) is 2. The zero-order valence-electron chi connectivity index (χ0n) is 12.4. The van der Waals surface area contributed by atoms with Crippen LogP contribution in [0, 0.1) is 17.8 Å². The number of aromatic nitrogens is 2. The second-order valence-electron chi connectivity index (χ2n) is 8.18. The summed E-state index contributed by atoms with van der Waals surface area (Å²) >= 11 is 0. The topological polar surface area (TPSA) is 43.8 Å². The highest BCUT2D eigenvalue weighted by molar-refractivity contribution is 5.40. The molecule has 5 aliphatic rings. The van der Waals surface area contributed by atoms with Crippen molar-refractivity contribution in [2.24, 2.45) is 30.5 Å². The smallest absolute Gasteiger partial charge is 0.0737 e. The third-order valence-electron chi connectivity index (χ3n) is 6.81. The Hall–Kier alpha value is -0.830. The van der Waals surface area contributed by atoms with E-state index < -0.39 is 0 Å². The predicted molar refractivity (Wildman–Crippen MR) is 78.3 cm³/mol. The fourth-order valence-electron chi connectivity index (χ4n) is 6.49. The first-order valence-corrected chi connectivity index (χ1v) is 8.46. The van der Waals surface area contributed by atoms with Crippen molar-refractivity contribution in [1.29, 1.82) is 0 Å². The van der Waals surface area contributed by atoms with E-state index in [9.17, 15) is 0 Å². The van der Waals surface area contributed by atoms with Gasteiger partial charge in [0, 0.05) is 29.8 Å². The third-order valence-corrected chi connectivity index (χ3v) is 6.81. The van der Waals surface area contributed by atoms with Gasteiger partial charge in [-0.1, -0.05) is 0 Å². The Kier molecular flexibility index (Phi) is 2.17. The number of hydrogen-bond donors (Lipinski definition) is 1. The van der Waals surface area contributed by atoms with Crippen molar-refractivity contribution in [2.75, 3.05) is 0 Å². The summed E-state index contributed by atoms with van der Waals surface area (Å²) in [5.74, 6) is 2.95. The summed E-state index contributed by atoms with van der Waals surface area (Å²) in [7, 11) is 2.13. The number of nitrogens with two attached hydrogens (primary N) is 1. The Bertz CT molecular complexity index is 536. The SMILES string of the molecule is Cn1nc(C23CC4CC(CC(C4)C2)C3)c2c1CCC2N. The van der Waals surface area contributed by atoms with E-state index in [4.69, 9.17) is 10.8 Å². The average Bonchev–Trinajstić information content (AvgIpc) is 2.91. The zero-order chi connectivity index (χ0) is 13.5. The van der Waals surface area contributed by atoms with Crippen LogP contribution in [0.5, 0.6) is 0 Å². The molecule has 0 saturated heterocycles. The quantitative estimate of drug-likeness (QED) is 0.853. The van der Waals surface area contributed by atoms with Crippen molar-refractivity contribution in [3.05, 3.63) is 17.0 Å². The van der Waals surface area contributed by atoms with Crippen molar-refractivity contribution in [3.8, 4) is 0 Å². The molecular formula is C17H25N3. The zero-order valence-corrected chi connectivity index (χ0v) is 12.4. The molecule has 6 rings (SSSR count). The summed E-state index contributed by atoms with van der Waals surface area (Å²) in [5, 5.41) is 5.01. The van der Waals surface area contributed by atoms with Gasteiger partial charge in [0.2, 0.25) is 0 Å². The molecule has 20 heavy (non-hydrogen) atoms. The number of fused-ring (bicyclic) bond motifs is 1. The molecule has 0 aromatic carbocycles. The van der Waals surface area contributed by atoms with Gasteiger partial charge in [-0.2, -0.15) is 5.10 Å². The fourth-order valence-corrected chi connectivity index (χ4v) is 6.49. The van der Waals surface area contributed by atoms with Crippen LogP contribution in [0.1, 0.15) is 67.9 Å². The van der Waals surface area contributed by atoms with Crippen LogP contribution < -0.4 is 5.73 Å². The normalized spacial score (nSPS) is 45.1. The average molecular weight is 271 g/mol. The molecule has 4 bridgehead atoms. The van der Waals surface area contributed by atoms with Crippen LogP contribution in [-0.4, -0.2) is 9.78 Å². The van der Waals surface area contributed by atoms with Gasteiger partial charge in [0.1, 0.15) is 0 Å². The van der Waals surface area contributed by atoms with Gasteiger partial charge in [-0.05, 0) is 69.1 Å². The van der Waals surface area contributed by atoms with E-state index in [1.54, 1.807) is 0 Å². The second-order valence-corrected chi connectivity index (χ2v) is 8.18. The van der Waals surface area contributed by atoms with Crippen LogP contribution in [0.15, 0.2) is 0 Å². The number of nitrogens with zero attached hydrogens (tertiary/aromatic N) is 2. The van der Waals surface area contributed by atoms with Gasteiger partial charge in [0.05, 0.1) is 5.69 Å². The lowest BCUT2D eigenvalue weighted by Crippen LogP contribution is -2.49. The number of rotatable bonds is 1. The molecular weight excluding hydrogens is 246 g/mol. The lowest BCUT2D eigenvalue weighted by molar-refractivity contribution is -0.00793. The molecule has 1 heterocycles. The van der Waals surface area contributed by atoms with E-state index in [1.165, 1.54) is 55.5 Å². The molecule has 3 nitrogen and oxygen atoms in total. The van der Waals surface area contributed by atoms with Gasteiger partial charge in [-0.25, -0.2) is 0 Å². The number of aryl methyl sites for hydroxylation is 1. The largest absolute Gasteiger partial charge is 0.324 e. The molecule has 4 fully saturated rings. The van der Waals surface area contributed by atoms with Crippen LogP contribution >= 0.6 is 0 Å². The van der Waals surface area contributed by atoms with Crippen LogP contribution in [0.2, 0.25) is 0 Å². The predicted octanol–water partition coefficient (Wildman–Crippen LogP) is 2.83. The maximum atomic E-state index is 6.43. The maximum absolute atomic E-state index is 6.43. The van der Waals surface area contributed by atoms with Crippen molar-refractivity contribution in [1.82, 2.24) is 9.78 Å². The van der Waals surface area contributed by atoms with Gasteiger partial charge >= 0.3 is 0 Å². The molecule has 1 aromatic rings. The first kappa shape index (κ1) is 11.8. The Morgan fingerprint density at radius 1 is 1.10 bits per heavy atom. The summed E-state index contributed by atoms with van der Waals surface area (Å²) in [4.78, 5) is 0. The van der Waals surface area contributed by atoms with Crippen LogP contribution in [0.3, 0.4) is 0 Å². The molecule has 0 amide bonds. The van der Waals surface area contributed by atoms with Crippen molar-refractivity contribution < 1.29 is 0 Å². The van der Waals surface area contributed by atoms with Gasteiger partial charge in [-0.15, -0.1) is 0 Å². The molecule has 3 heteroatoms. The molecule has 5 aliphatic carbocycles. The monoisotopic (exact) mass is 271 g/mol. The highest BCUT2D eigenvalue weighted by Gasteiger charge is 2.54. The van der Waals surface area contributed by atoms with Crippen molar-refractivity contribution >= 4 is 0 Å². The van der Waals surface area contributed by atoms with E-state index in [2.05, 4.69) is 11.7 Å². The summed E-state index contributed by atoms with van der Waals surface area (Å²) in [5.41, 5.74) is 11.1. The van der Waals surface area contributed by atoms with Crippen LogP contribution in [0.4, 0.5) is 0 Å². The minimum atomic E-state index is 0.252. The molecule has 0 spiro atoms. The van der Waals surface area contributed by atoms with Gasteiger partial charge in [0.15, 0.2) is 0 Å². The highest BCUT2D eigenvalue weighted by Crippen LogP contribution is 2.61. The van der Waals surface area contributed by atoms with Crippen LogP contribution in [0.25, 0.3) is 0 Å². The van der Waals surface area contributed by atoms with E-state index in [0.717, 1.165) is 30.6 Å². The Labute approximate surface area is 120 Å². The van der Waals surface area contributed by atoms with E-state index in [0.29, 0.717) is 5.41 Å². The van der Waals surface area contributed by atoms with E-state index in [-0.39, 0.29) is 6.04 Å². The molecule has 0 aliphatic heterocycles. The molecule has 4 saturated carbocycles. The summed E-state index contributed by atoms with van der Waals surface area (Å²) in [6, 6.07) is 0.252. The molecule has 0 radical (unpaired) electrons. The minimum Gasteiger partial charge on any atom is -0.324 e. The maximum Gasteiger partial charge on any atom is 0.0737 e. The van der Waals surface area contributed by atoms with Gasteiger partial charge in [-0.3, -0.25) is 4.68 Å². The summed E-state index contributed by atoms with van der Waals surface area (Å²) in [6.45, 7) is 0. The van der Waals surface area contributed by atoms with E-state index >= 15 is 0 Å². The summed E-state index contributed by atoms with van der Waals surface area (Å²) < 4.78 is 2.15. The van der Waals surface area contributed by atoms with Crippen LogP contribution in [-0.2, 0) is 18.9 Å². The van der Waals surface area contributed by atoms with E-state index in [1.807, 2.05) is 0 Å². The molecule has 2 N–H and O–H groups in total. The first-order chi connectivity index (χ1) is 9.64. The summed E-state index contributed by atoms with van der Waals surface area (Å²) in [6.07, 6.45) is 11.0. The molecule has 1 atom stereocenters.